The van der Waals surface area contributed by atoms with Crippen molar-refractivity contribution < 1.29 is 14.0 Å². The molecule has 1 aliphatic rings. The van der Waals surface area contributed by atoms with Crippen LogP contribution in [0.3, 0.4) is 0 Å². The van der Waals surface area contributed by atoms with Gasteiger partial charge in [0.15, 0.2) is 0 Å². The fraction of sp³-hybridized carbons (Fsp3) is 0.391. The van der Waals surface area contributed by atoms with Crippen LogP contribution in [0, 0.1) is 5.82 Å². The van der Waals surface area contributed by atoms with Crippen LogP contribution in [0.5, 0.6) is 0 Å². The average molecular weight is 382 g/mol. The lowest BCUT2D eigenvalue weighted by atomic mass is 10.1. The van der Waals surface area contributed by atoms with Crippen LogP contribution in [0.4, 0.5) is 4.39 Å². The standard InChI is InChI=1S/C23H27FN2O2/c1-17(23(28)25-20-12-6-7-13-20)26(16-19-11-5-8-14-21(19)24)22(27)15-18-9-3-2-4-10-18/h2-5,8-11,14,17,20H,6-7,12-13,15-16H2,1H3,(H,25,28)/t17-/m1/s1. The monoisotopic (exact) mass is 382 g/mol. The Morgan fingerprint density at radius 3 is 2.39 bits per heavy atom. The molecule has 0 unspecified atom stereocenters. The quantitative estimate of drug-likeness (QED) is 0.791. The molecule has 2 amide bonds. The van der Waals surface area contributed by atoms with E-state index < -0.39 is 6.04 Å². The minimum Gasteiger partial charge on any atom is -0.352 e. The van der Waals surface area contributed by atoms with Crippen LogP contribution in [0.1, 0.15) is 43.7 Å². The van der Waals surface area contributed by atoms with E-state index >= 15 is 0 Å². The predicted molar refractivity (Wildman–Crippen MR) is 107 cm³/mol. The van der Waals surface area contributed by atoms with Crippen LogP contribution < -0.4 is 5.32 Å². The maximum Gasteiger partial charge on any atom is 0.242 e. The number of rotatable bonds is 7. The first-order chi connectivity index (χ1) is 13.5. The number of hydrogen-bond acceptors (Lipinski definition) is 2. The molecule has 1 aliphatic carbocycles. The summed E-state index contributed by atoms with van der Waals surface area (Å²) in [5, 5.41) is 3.05. The SMILES string of the molecule is C[C@H](C(=O)NC1CCCC1)N(Cc1ccccc1F)C(=O)Cc1ccccc1. The van der Waals surface area contributed by atoms with Gasteiger partial charge in [0, 0.05) is 18.2 Å². The first kappa shape index (κ1) is 20.1. The van der Waals surface area contributed by atoms with Crippen molar-refractivity contribution >= 4 is 11.8 Å². The molecule has 148 valence electrons. The lowest BCUT2D eigenvalue weighted by Crippen LogP contribution is -2.50. The van der Waals surface area contributed by atoms with Crippen molar-refractivity contribution in [2.24, 2.45) is 0 Å². The molecule has 0 aliphatic heterocycles. The van der Waals surface area contributed by atoms with E-state index in [1.54, 1.807) is 25.1 Å². The molecule has 0 heterocycles. The minimum absolute atomic E-state index is 0.0671. The second-order valence-electron chi connectivity index (χ2n) is 7.44. The van der Waals surface area contributed by atoms with Gasteiger partial charge >= 0.3 is 0 Å². The molecule has 5 heteroatoms. The molecular formula is C23H27FN2O2. The summed E-state index contributed by atoms with van der Waals surface area (Å²) in [7, 11) is 0. The number of nitrogens with one attached hydrogen (secondary N) is 1. The third-order valence-corrected chi connectivity index (χ3v) is 5.37. The van der Waals surface area contributed by atoms with Crippen LogP contribution in [-0.2, 0) is 22.6 Å². The Morgan fingerprint density at radius 1 is 1.07 bits per heavy atom. The number of halogens is 1. The average Bonchev–Trinajstić information content (AvgIpc) is 3.20. The highest BCUT2D eigenvalue weighted by Crippen LogP contribution is 2.19. The number of benzene rings is 2. The topological polar surface area (TPSA) is 49.4 Å². The molecule has 1 saturated carbocycles. The Hall–Kier alpha value is -2.69. The third-order valence-electron chi connectivity index (χ3n) is 5.37. The summed E-state index contributed by atoms with van der Waals surface area (Å²) in [6, 6.07) is 15.3. The van der Waals surface area contributed by atoms with Gasteiger partial charge in [-0.15, -0.1) is 0 Å². The van der Waals surface area contributed by atoms with Crippen molar-refractivity contribution in [3.05, 3.63) is 71.5 Å². The van der Waals surface area contributed by atoms with Crippen molar-refractivity contribution in [1.29, 1.82) is 0 Å². The van der Waals surface area contributed by atoms with Crippen LogP contribution in [-0.4, -0.2) is 28.8 Å². The zero-order valence-corrected chi connectivity index (χ0v) is 16.2. The van der Waals surface area contributed by atoms with E-state index in [-0.39, 0.29) is 36.6 Å². The molecule has 28 heavy (non-hydrogen) atoms. The van der Waals surface area contributed by atoms with Gasteiger partial charge in [0.05, 0.1) is 6.42 Å². The molecule has 1 fully saturated rings. The summed E-state index contributed by atoms with van der Waals surface area (Å²) >= 11 is 0. The van der Waals surface area contributed by atoms with Gasteiger partial charge in [-0.25, -0.2) is 4.39 Å². The maximum absolute atomic E-state index is 14.2. The number of carbonyl (C=O) groups is 2. The van der Waals surface area contributed by atoms with Crippen molar-refractivity contribution in [1.82, 2.24) is 10.2 Å². The van der Waals surface area contributed by atoms with Gasteiger partial charge < -0.3 is 10.2 Å². The van der Waals surface area contributed by atoms with E-state index in [1.807, 2.05) is 30.3 Å². The van der Waals surface area contributed by atoms with Gasteiger partial charge in [-0.3, -0.25) is 9.59 Å². The Kier molecular flexibility index (Phi) is 6.80. The molecule has 2 aromatic rings. The Balaban J connectivity index is 1.77. The summed E-state index contributed by atoms with van der Waals surface area (Å²) in [6.45, 7) is 1.78. The first-order valence-electron chi connectivity index (χ1n) is 9.92. The highest BCUT2D eigenvalue weighted by atomic mass is 19.1. The van der Waals surface area contributed by atoms with Crippen LogP contribution in [0.15, 0.2) is 54.6 Å². The summed E-state index contributed by atoms with van der Waals surface area (Å²) < 4.78 is 14.2. The van der Waals surface area contributed by atoms with E-state index in [9.17, 15) is 14.0 Å². The van der Waals surface area contributed by atoms with Gasteiger partial charge in [-0.1, -0.05) is 61.4 Å². The third kappa shape index (κ3) is 5.18. The normalized spacial score (nSPS) is 15.2. The van der Waals surface area contributed by atoms with Crippen molar-refractivity contribution in [2.75, 3.05) is 0 Å². The Morgan fingerprint density at radius 2 is 1.71 bits per heavy atom. The van der Waals surface area contributed by atoms with E-state index in [4.69, 9.17) is 0 Å². The second kappa shape index (κ2) is 9.49. The highest BCUT2D eigenvalue weighted by Gasteiger charge is 2.28. The molecule has 0 aromatic heterocycles. The number of hydrogen-bond donors (Lipinski definition) is 1. The second-order valence-corrected chi connectivity index (χ2v) is 7.44. The smallest absolute Gasteiger partial charge is 0.242 e. The van der Waals surface area contributed by atoms with Crippen LogP contribution in [0.2, 0.25) is 0 Å². The van der Waals surface area contributed by atoms with Gasteiger partial charge in [0.25, 0.3) is 0 Å². The predicted octanol–water partition coefficient (Wildman–Crippen LogP) is 3.84. The largest absolute Gasteiger partial charge is 0.352 e. The number of amides is 2. The first-order valence-corrected chi connectivity index (χ1v) is 9.92. The number of nitrogens with zero attached hydrogens (tertiary/aromatic N) is 1. The highest BCUT2D eigenvalue weighted by molar-refractivity contribution is 5.88. The van der Waals surface area contributed by atoms with Crippen molar-refractivity contribution in [3.8, 4) is 0 Å². The fourth-order valence-electron chi connectivity index (χ4n) is 3.66. The number of carbonyl (C=O) groups excluding carboxylic acids is 2. The molecular weight excluding hydrogens is 355 g/mol. The molecule has 3 rings (SSSR count). The van der Waals surface area contributed by atoms with Gasteiger partial charge in [0.1, 0.15) is 11.9 Å². The molecule has 0 bridgehead atoms. The Bertz CT molecular complexity index is 803. The van der Waals surface area contributed by atoms with E-state index in [2.05, 4.69) is 5.32 Å². The molecule has 1 atom stereocenters. The minimum atomic E-state index is -0.670. The van der Waals surface area contributed by atoms with E-state index in [0.717, 1.165) is 31.2 Å². The Labute approximate surface area is 165 Å². The zero-order valence-electron chi connectivity index (χ0n) is 16.2. The van der Waals surface area contributed by atoms with Crippen LogP contribution in [0.25, 0.3) is 0 Å². The summed E-state index contributed by atoms with van der Waals surface area (Å²) in [5.41, 5.74) is 1.28. The fourth-order valence-corrected chi connectivity index (χ4v) is 3.66. The van der Waals surface area contributed by atoms with E-state index in [0.29, 0.717) is 5.56 Å². The van der Waals surface area contributed by atoms with Crippen molar-refractivity contribution in [3.63, 3.8) is 0 Å². The summed E-state index contributed by atoms with van der Waals surface area (Å²) in [5.74, 6) is -0.739. The lowest BCUT2D eigenvalue weighted by Gasteiger charge is -2.30. The molecule has 0 spiro atoms. The molecule has 1 N–H and O–H groups in total. The zero-order chi connectivity index (χ0) is 19.9. The molecule has 0 radical (unpaired) electrons. The molecule has 0 saturated heterocycles. The van der Waals surface area contributed by atoms with Gasteiger partial charge in [-0.05, 0) is 31.4 Å². The maximum atomic E-state index is 14.2. The van der Waals surface area contributed by atoms with Gasteiger partial charge in [0.2, 0.25) is 11.8 Å². The van der Waals surface area contributed by atoms with Crippen molar-refractivity contribution in [2.45, 2.75) is 57.7 Å². The van der Waals surface area contributed by atoms with Crippen LogP contribution >= 0.6 is 0 Å². The summed E-state index contributed by atoms with van der Waals surface area (Å²) in [6.07, 6.45) is 4.36. The molecule has 2 aromatic carbocycles. The van der Waals surface area contributed by atoms with Gasteiger partial charge in [-0.2, -0.15) is 0 Å². The van der Waals surface area contributed by atoms with E-state index in [1.165, 1.54) is 11.0 Å². The summed E-state index contributed by atoms with van der Waals surface area (Å²) in [4.78, 5) is 27.3. The molecule has 4 nitrogen and oxygen atoms in total. The lowest BCUT2D eigenvalue weighted by molar-refractivity contribution is -0.140.